The quantitative estimate of drug-likeness (QED) is 0.0162. The summed E-state index contributed by atoms with van der Waals surface area (Å²) in [7, 11) is -4.78. The summed E-state index contributed by atoms with van der Waals surface area (Å²) in [5.41, 5.74) is 0. The minimum absolute atomic E-state index is 0.159. The molecule has 2 N–H and O–H groups in total. The van der Waals surface area contributed by atoms with E-state index in [0.717, 1.165) is 77.0 Å². The topological polar surface area (TPSA) is 136 Å². The van der Waals surface area contributed by atoms with Crippen LogP contribution < -0.4 is 0 Å². The van der Waals surface area contributed by atoms with E-state index < -0.39 is 32.5 Å². The van der Waals surface area contributed by atoms with E-state index in [4.69, 9.17) is 19.3 Å². The first-order chi connectivity index (χ1) is 25.2. The molecule has 0 radical (unpaired) electrons. The second-order valence-electron chi connectivity index (χ2n) is 12.9. The molecular weight excluding hydrogens is 679 g/mol. The molecule has 0 amide bonds. The Labute approximate surface area is 315 Å². The van der Waals surface area contributed by atoms with Gasteiger partial charge in [-0.25, -0.2) is 4.57 Å². The minimum Gasteiger partial charge on any atom is -0.462 e. The van der Waals surface area contributed by atoms with Crippen molar-refractivity contribution in [2.75, 3.05) is 13.2 Å². The van der Waals surface area contributed by atoms with E-state index in [2.05, 4.69) is 42.7 Å². The second-order valence-corrected chi connectivity index (χ2v) is 14.2. The molecule has 0 aliphatic heterocycles. The molecule has 0 aliphatic carbocycles. The number of carbonyl (C=O) groups excluding carboxylic acids is 3. The molecule has 0 aromatic heterocycles. The molecule has 0 unspecified atom stereocenters. The SMILES string of the molecule is CCCCC/C=C\C/C=C\CCCCCCCCC(=O)O[C@H](COC(=O)CCC/C=C\C/C=C\C/C=C\C=C\C(=O)CCCCC)COP(=O)(O)O. The smallest absolute Gasteiger partial charge is 0.462 e. The zero-order valence-electron chi connectivity index (χ0n) is 32.2. The maximum absolute atomic E-state index is 12.4. The van der Waals surface area contributed by atoms with Crippen LogP contribution in [0.25, 0.3) is 0 Å². The number of hydrogen-bond acceptors (Lipinski definition) is 7. The summed E-state index contributed by atoms with van der Waals surface area (Å²) in [6.45, 7) is 3.42. The average Bonchev–Trinajstić information content (AvgIpc) is 3.11. The predicted octanol–water partition coefficient (Wildman–Crippen LogP) is 11.1. The average molecular weight is 749 g/mol. The largest absolute Gasteiger partial charge is 0.469 e. The first-order valence-corrected chi connectivity index (χ1v) is 21.2. The van der Waals surface area contributed by atoms with E-state index in [-0.39, 0.29) is 25.2 Å². The Morgan fingerprint density at radius 2 is 1.06 bits per heavy atom. The highest BCUT2D eigenvalue weighted by molar-refractivity contribution is 7.46. The van der Waals surface area contributed by atoms with Crippen molar-refractivity contribution in [3.63, 3.8) is 0 Å². The highest BCUT2D eigenvalue weighted by Gasteiger charge is 2.22. The number of unbranched alkanes of at least 4 members (excludes halogenated alkanes) is 12. The molecule has 0 rings (SSSR count). The van der Waals surface area contributed by atoms with Gasteiger partial charge in [-0.15, -0.1) is 0 Å². The molecule has 10 heteroatoms. The Kier molecular flexibility index (Phi) is 34.5. The summed E-state index contributed by atoms with van der Waals surface area (Å²) in [6, 6.07) is 0. The third-order valence-electron chi connectivity index (χ3n) is 7.92. The predicted molar refractivity (Wildman–Crippen MR) is 212 cm³/mol. The molecule has 0 saturated carbocycles. The van der Waals surface area contributed by atoms with E-state index in [9.17, 15) is 18.9 Å². The van der Waals surface area contributed by atoms with Crippen LogP contribution in [0.4, 0.5) is 0 Å². The van der Waals surface area contributed by atoms with Crippen LogP contribution in [0.3, 0.4) is 0 Å². The van der Waals surface area contributed by atoms with Gasteiger partial charge in [0, 0.05) is 19.3 Å². The number of esters is 2. The van der Waals surface area contributed by atoms with Crippen LogP contribution in [-0.2, 0) is 32.9 Å². The Hall–Kier alpha value is -2.84. The fourth-order valence-electron chi connectivity index (χ4n) is 4.94. The van der Waals surface area contributed by atoms with Crippen LogP contribution in [0.2, 0.25) is 0 Å². The number of carbonyl (C=O) groups is 3. The van der Waals surface area contributed by atoms with Gasteiger partial charge < -0.3 is 19.3 Å². The first-order valence-electron chi connectivity index (χ1n) is 19.7. The van der Waals surface area contributed by atoms with Crippen LogP contribution in [0.1, 0.15) is 155 Å². The maximum Gasteiger partial charge on any atom is 0.469 e. The van der Waals surface area contributed by atoms with Gasteiger partial charge in [-0.05, 0) is 76.7 Å². The summed E-state index contributed by atoms with van der Waals surface area (Å²) in [6.07, 6.45) is 43.2. The van der Waals surface area contributed by atoms with Crippen LogP contribution >= 0.6 is 7.82 Å². The zero-order valence-corrected chi connectivity index (χ0v) is 33.1. The van der Waals surface area contributed by atoms with Gasteiger partial charge in [0.25, 0.3) is 0 Å². The van der Waals surface area contributed by atoms with Gasteiger partial charge in [0.05, 0.1) is 6.61 Å². The van der Waals surface area contributed by atoms with Gasteiger partial charge in [0.1, 0.15) is 6.61 Å². The van der Waals surface area contributed by atoms with E-state index in [0.29, 0.717) is 25.7 Å². The van der Waals surface area contributed by atoms with Crippen molar-refractivity contribution in [2.24, 2.45) is 0 Å². The monoisotopic (exact) mass is 748 g/mol. The maximum atomic E-state index is 12.4. The fourth-order valence-corrected chi connectivity index (χ4v) is 5.30. The van der Waals surface area contributed by atoms with Gasteiger partial charge in [-0.3, -0.25) is 18.9 Å². The fraction of sp³-hybridized carbons (Fsp3) is 0.643. The molecule has 0 aromatic rings. The van der Waals surface area contributed by atoms with E-state index in [1.165, 1.54) is 25.7 Å². The Morgan fingerprint density at radius 1 is 0.558 bits per heavy atom. The highest BCUT2D eigenvalue weighted by Crippen LogP contribution is 2.36. The molecule has 296 valence electrons. The zero-order chi connectivity index (χ0) is 38.4. The number of ether oxygens (including phenoxy) is 2. The molecule has 9 nitrogen and oxygen atoms in total. The van der Waals surface area contributed by atoms with Crippen LogP contribution in [0, 0.1) is 0 Å². The van der Waals surface area contributed by atoms with Crippen molar-refractivity contribution in [3.8, 4) is 0 Å². The van der Waals surface area contributed by atoms with Crippen molar-refractivity contribution in [2.45, 2.75) is 161 Å². The minimum atomic E-state index is -4.78. The molecule has 0 fully saturated rings. The third-order valence-corrected chi connectivity index (χ3v) is 8.41. The van der Waals surface area contributed by atoms with Crippen LogP contribution in [0.5, 0.6) is 0 Å². The number of hydrogen-bond donors (Lipinski definition) is 2. The van der Waals surface area contributed by atoms with Gasteiger partial charge in [0.15, 0.2) is 11.9 Å². The lowest BCUT2D eigenvalue weighted by Crippen LogP contribution is -2.29. The molecule has 52 heavy (non-hydrogen) atoms. The first kappa shape index (κ1) is 49.2. The normalized spacial score (nSPS) is 13.2. The molecular formula is C42H69O9P. The number of rotatable bonds is 35. The number of phosphoric acid groups is 1. The lowest BCUT2D eigenvalue weighted by Gasteiger charge is -2.18. The van der Waals surface area contributed by atoms with E-state index in [1.54, 1.807) is 12.2 Å². The molecule has 0 aromatic carbocycles. The molecule has 0 bridgehead atoms. The van der Waals surface area contributed by atoms with Gasteiger partial charge in [-0.1, -0.05) is 132 Å². The third kappa shape index (κ3) is 38.4. The van der Waals surface area contributed by atoms with E-state index >= 15 is 0 Å². The van der Waals surface area contributed by atoms with Gasteiger partial charge in [-0.2, -0.15) is 0 Å². The van der Waals surface area contributed by atoms with Crippen LogP contribution in [-0.4, -0.2) is 46.8 Å². The lowest BCUT2D eigenvalue weighted by atomic mass is 10.1. The Bertz CT molecular complexity index is 1130. The van der Waals surface area contributed by atoms with Crippen molar-refractivity contribution in [1.82, 2.24) is 0 Å². The standard InChI is InChI=1S/C42H69O9P/c1-3-5-7-8-9-10-11-12-13-14-15-18-22-25-28-32-36-42(45)51-40(38-50-52(46,47)48)37-49-41(44)35-31-27-24-21-19-16-17-20-23-26-30-34-39(43)33-29-6-4-2/h9-10,12-13,16-17,21,23-24,26,30,34,40H,3-8,11,14-15,18-20,22,25,27-29,31-33,35-38H2,1-2H3,(H2,46,47,48)/b10-9-,13-12-,17-16-,24-21-,26-23-,34-30+/t40-/m1/s1. The highest BCUT2D eigenvalue weighted by atomic mass is 31.2. The number of phosphoric ester groups is 1. The molecule has 0 aliphatic rings. The van der Waals surface area contributed by atoms with Crippen molar-refractivity contribution >= 4 is 25.5 Å². The van der Waals surface area contributed by atoms with Crippen molar-refractivity contribution in [1.29, 1.82) is 0 Å². The summed E-state index contributed by atoms with van der Waals surface area (Å²) >= 11 is 0. The Balaban J connectivity index is 4.13. The van der Waals surface area contributed by atoms with E-state index in [1.807, 2.05) is 36.5 Å². The summed E-state index contributed by atoms with van der Waals surface area (Å²) in [5, 5.41) is 0. The molecule has 1 atom stereocenters. The number of ketones is 1. The van der Waals surface area contributed by atoms with Crippen LogP contribution in [0.15, 0.2) is 72.9 Å². The van der Waals surface area contributed by atoms with Gasteiger partial charge >= 0.3 is 19.8 Å². The van der Waals surface area contributed by atoms with Gasteiger partial charge in [0.2, 0.25) is 0 Å². The van der Waals surface area contributed by atoms with Crippen molar-refractivity contribution in [3.05, 3.63) is 72.9 Å². The number of allylic oxidation sites excluding steroid dienone is 12. The summed E-state index contributed by atoms with van der Waals surface area (Å²) in [4.78, 5) is 54.4. The Morgan fingerprint density at radius 3 is 1.69 bits per heavy atom. The second kappa shape index (κ2) is 36.5. The molecule has 0 saturated heterocycles. The molecule has 0 heterocycles. The molecule has 0 spiro atoms. The summed E-state index contributed by atoms with van der Waals surface area (Å²) < 4.78 is 26.2. The summed E-state index contributed by atoms with van der Waals surface area (Å²) in [5.74, 6) is -0.839. The lowest BCUT2D eigenvalue weighted by molar-refractivity contribution is -0.161. The van der Waals surface area contributed by atoms with Crippen molar-refractivity contribution < 1.29 is 42.7 Å².